The first kappa shape index (κ1) is 14.9. The molecule has 4 nitrogen and oxygen atoms in total. The fourth-order valence-electron chi connectivity index (χ4n) is 2.81. The summed E-state index contributed by atoms with van der Waals surface area (Å²) in [6.45, 7) is 6.51. The Kier molecular flexibility index (Phi) is 5.51. The number of carbonyl (C=O) groups excluding carboxylic acids is 2. The van der Waals surface area contributed by atoms with E-state index in [9.17, 15) is 9.59 Å². The smallest absolute Gasteiger partial charge is 0.239 e. The summed E-state index contributed by atoms with van der Waals surface area (Å²) >= 11 is 0. The summed E-state index contributed by atoms with van der Waals surface area (Å²) in [6.07, 6.45) is 4.32. The molecule has 0 aromatic carbocycles. The van der Waals surface area contributed by atoms with Crippen molar-refractivity contribution in [3.05, 3.63) is 0 Å². The van der Waals surface area contributed by atoms with E-state index in [0.717, 1.165) is 19.3 Å². The van der Waals surface area contributed by atoms with E-state index in [4.69, 9.17) is 5.73 Å². The van der Waals surface area contributed by atoms with Gasteiger partial charge in [-0.05, 0) is 36.8 Å². The van der Waals surface area contributed by atoms with Crippen LogP contribution in [0.5, 0.6) is 0 Å². The van der Waals surface area contributed by atoms with Crippen LogP contribution in [0, 0.1) is 23.7 Å². The zero-order valence-electron chi connectivity index (χ0n) is 11.6. The molecule has 0 bridgehead atoms. The van der Waals surface area contributed by atoms with Crippen molar-refractivity contribution in [3.8, 4) is 0 Å². The molecule has 4 atom stereocenters. The predicted molar refractivity (Wildman–Crippen MR) is 72.4 cm³/mol. The summed E-state index contributed by atoms with van der Waals surface area (Å²) in [5.41, 5.74) is 5.01. The van der Waals surface area contributed by atoms with E-state index in [0.29, 0.717) is 23.5 Å². The normalized spacial score (nSPS) is 27.6. The highest BCUT2D eigenvalue weighted by Gasteiger charge is 2.37. The lowest BCUT2D eigenvalue weighted by Crippen LogP contribution is -2.26. The van der Waals surface area contributed by atoms with Crippen LogP contribution < -0.4 is 5.73 Å². The van der Waals surface area contributed by atoms with E-state index >= 15 is 0 Å². The van der Waals surface area contributed by atoms with Gasteiger partial charge in [-0.1, -0.05) is 20.8 Å². The lowest BCUT2D eigenvalue weighted by molar-refractivity contribution is -0.123. The van der Waals surface area contributed by atoms with Gasteiger partial charge in [0.25, 0.3) is 0 Å². The molecule has 0 radical (unpaired) electrons. The fourth-order valence-corrected chi connectivity index (χ4v) is 2.81. The molecule has 0 heterocycles. The van der Waals surface area contributed by atoms with Gasteiger partial charge in [0.15, 0.2) is 0 Å². The Morgan fingerprint density at radius 2 is 2.22 bits per heavy atom. The molecule has 0 aliphatic heterocycles. The van der Waals surface area contributed by atoms with Gasteiger partial charge in [-0.25, -0.2) is 0 Å². The summed E-state index contributed by atoms with van der Waals surface area (Å²) in [5.74, 6) is 1.47. The summed E-state index contributed by atoms with van der Waals surface area (Å²) in [7, 11) is 0. The second-order valence-electron chi connectivity index (χ2n) is 5.57. The van der Waals surface area contributed by atoms with Crippen molar-refractivity contribution >= 4 is 17.9 Å². The van der Waals surface area contributed by atoms with Crippen molar-refractivity contribution in [2.45, 2.75) is 40.0 Å². The largest absolute Gasteiger partial charge is 0.368 e. The molecule has 0 spiro atoms. The SMILES string of the molecule is CC1CCC(=O)[C@@H]1C(C)[C@H](C)CC=NCC(N)=O. The van der Waals surface area contributed by atoms with Crippen molar-refractivity contribution in [2.24, 2.45) is 34.4 Å². The van der Waals surface area contributed by atoms with Crippen LogP contribution in [0.25, 0.3) is 0 Å². The summed E-state index contributed by atoms with van der Waals surface area (Å²) in [6, 6.07) is 0. The Balaban J connectivity index is 2.45. The van der Waals surface area contributed by atoms with Crippen molar-refractivity contribution in [1.29, 1.82) is 0 Å². The van der Waals surface area contributed by atoms with Gasteiger partial charge < -0.3 is 5.73 Å². The van der Waals surface area contributed by atoms with Gasteiger partial charge in [-0.3, -0.25) is 14.6 Å². The minimum Gasteiger partial charge on any atom is -0.368 e. The quantitative estimate of drug-likeness (QED) is 0.732. The first-order chi connectivity index (χ1) is 8.43. The summed E-state index contributed by atoms with van der Waals surface area (Å²) in [5, 5.41) is 0. The van der Waals surface area contributed by atoms with E-state index in [2.05, 4.69) is 25.8 Å². The lowest BCUT2D eigenvalue weighted by Gasteiger charge is -2.26. The molecule has 1 aliphatic rings. The molecule has 1 amide bonds. The number of amides is 1. The van der Waals surface area contributed by atoms with Gasteiger partial charge >= 0.3 is 0 Å². The van der Waals surface area contributed by atoms with Crippen LogP contribution >= 0.6 is 0 Å². The average Bonchev–Trinajstić information content (AvgIpc) is 2.63. The molecule has 102 valence electrons. The highest BCUT2D eigenvalue weighted by molar-refractivity contribution is 5.83. The summed E-state index contributed by atoms with van der Waals surface area (Å²) in [4.78, 5) is 26.4. The molecular weight excluding hydrogens is 228 g/mol. The number of aliphatic imine (C=N–C) groups is 1. The maximum absolute atomic E-state index is 11.9. The van der Waals surface area contributed by atoms with E-state index in [1.54, 1.807) is 6.21 Å². The van der Waals surface area contributed by atoms with Gasteiger partial charge in [-0.2, -0.15) is 0 Å². The lowest BCUT2D eigenvalue weighted by atomic mass is 9.77. The third kappa shape index (κ3) is 3.93. The number of carbonyl (C=O) groups is 2. The van der Waals surface area contributed by atoms with Crippen LogP contribution in [0.15, 0.2) is 4.99 Å². The number of rotatable bonds is 6. The molecule has 1 aliphatic carbocycles. The standard InChI is InChI=1S/C14H24N2O2/c1-9(6-7-16-8-13(15)18)11(3)14-10(2)4-5-12(14)17/h7,9-11,14H,4-6,8H2,1-3H3,(H2,15,18)/t9-,10?,11?,14+/m1/s1. The highest BCUT2D eigenvalue weighted by atomic mass is 16.1. The molecule has 0 saturated heterocycles. The maximum atomic E-state index is 11.9. The fraction of sp³-hybridized carbons (Fsp3) is 0.786. The van der Waals surface area contributed by atoms with Gasteiger partial charge in [0.2, 0.25) is 5.91 Å². The van der Waals surface area contributed by atoms with E-state index in [-0.39, 0.29) is 12.5 Å². The Morgan fingerprint density at radius 1 is 1.56 bits per heavy atom. The van der Waals surface area contributed by atoms with Crippen LogP contribution in [-0.2, 0) is 9.59 Å². The van der Waals surface area contributed by atoms with Crippen molar-refractivity contribution in [3.63, 3.8) is 0 Å². The van der Waals surface area contributed by atoms with Crippen LogP contribution in [0.2, 0.25) is 0 Å². The Bertz CT molecular complexity index is 339. The maximum Gasteiger partial charge on any atom is 0.239 e. The van der Waals surface area contributed by atoms with Crippen molar-refractivity contribution < 1.29 is 9.59 Å². The van der Waals surface area contributed by atoms with Crippen LogP contribution in [-0.4, -0.2) is 24.4 Å². The minimum absolute atomic E-state index is 0.0554. The van der Waals surface area contributed by atoms with Crippen LogP contribution in [0.3, 0.4) is 0 Å². The van der Waals surface area contributed by atoms with E-state index in [1.165, 1.54) is 0 Å². The zero-order chi connectivity index (χ0) is 13.7. The van der Waals surface area contributed by atoms with Gasteiger partial charge in [0.05, 0.1) is 0 Å². The Morgan fingerprint density at radius 3 is 2.72 bits per heavy atom. The molecule has 1 fully saturated rings. The molecule has 1 saturated carbocycles. The number of ketones is 1. The van der Waals surface area contributed by atoms with Gasteiger partial charge in [0.1, 0.15) is 12.3 Å². The van der Waals surface area contributed by atoms with Crippen LogP contribution in [0.4, 0.5) is 0 Å². The monoisotopic (exact) mass is 252 g/mol. The minimum atomic E-state index is -0.411. The Hall–Kier alpha value is -1.19. The first-order valence-electron chi connectivity index (χ1n) is 6.72. The molecule has 0 aromatic rings. The topological polar surface area (TPSA) is 72.5 Å². The van der Waals surface area contributed by atoms with Gasteiger partial charge in [-0.15, -0.1) is 0 Å². The molecule has 4 heteroatoms. The Labute approximate surface area is 109 Å². The van der Waals surface area contributed by atoms with Crippen molar-refractivity contribution in [2.75, 3.05) is 6.54 Å². The summed E-state index contributed by atoms with van der Waals surface area (Å²) < 4.78 is 0. The number of nitrogens with two attached hydrogens (primary N) is 1. The third-order valence-electron chi connectivity index (χ3n) is 4.15. The van der Waals surface area contributed by atoms with Gasteiger partial charge in [0, 0.05) is 12.3 Å². The predicted octanol–water partition coefficient (Wildman–Crippen LogP) is 1.82. The zero-order valence-corrected chi connectivity index (χ0v) is 11.6. The number of hydrogen-bond donors (Lipinski definition) is 1. The first-order valence-corrected chi connectivity index (χ1v) is 6.72. The average molecular weight is 252 g/mol. The molecule has 2 N–H and O–H groups in total. The van der Waals surface area contributed by atoms with E-state index < -0.39 is 5.91 Å². The molecule has 0 aromatic heterocycles. The molecule has 1 rings (SSSR count). The van der Waals surface area contributed by atoms with Crippen LogP contribution in [0.1, 0.15) is 40.0 Å². The number of hydrogen-bond acceptors (Lipinski definition) is 3. The third-order valence-corrected chi connectivity index (χ3v) is 4.15. The molecule has 18 heavy (non-hydrogen) atoms. The number of Topliss-reactive ketones (excluding diaryl/α,β-unsaturated/α-hetero) is 1. The number of primary amides is 1. The second kappa shape index (κ2) is 6.66. The van der Waals surface area contributed by atoms with Crippen molar-refractivity contribution in [1.82, 2.24) is 0 Å². The molecule has 2 unspecified atom stereocenters. The van der Waals surface area contributed by atoms with E-state index in [1.807, 2.05) is 0 Å². The molecular formula is C14H24N2O2. The number of nitrogens with zero attached hydrogens (tertiary/aromatic N) is 1. The second-order valence-corrected chi connectivity index (χ2v) is 5.57. The highest BCUT2D eigenvalue weighted by Crippen LogP contribution is 2.37.